The summed E-state index contributed by atoms with van der Waals surface area (Å²) in [5.41, 5.74) is 1.07. The Kier molecular flexibility index (Phi) is 7.69. The van der Waals surface area contributed by atoms with Crippen molar-refractivity contribution in [2.45, 2.75) is 26.8 Å². The first-order chi connectivity index (χ1) is 15.4. The summed E-state index contributed by atoms with van der Waals surface area (Å²) in [6.45, 7) is 7.45. The average Bonchev–Trinajstić information content (AvgIpc) is 2.79. The molecule has 172 valence electrons. The number of anilines is 1. The highest BCUT2D eigenvalue weighted by Gasteiger charge is 2.28. The van der Waals surface area contributed by atoms with Gasteiger partial charge in [0.15, 0.2) is 11.5 Å². The first-order valence-corrected chi connectivity index (χ1v) is 10.5. The maximum absolute atomic E-state index is 12.4. The Bertz CT molecular complexity index is 954. The molecule has 1 N–H and O–H groups in total. The molecule has 2 aromatic rings. The predicted octanol–water partition coefficient (Wildman–Crippen LogP) is 2.37. The first-order valence-electron chi connectivity index (χ1n) is 10.5. The van der Waals surface area contributed by atoms with Crippen LogP contribution in [0.1, 0.15) is 19.4 Å². The molecule has 1 unspecified atom stereocenters. The quantitative estimate of drug-likeness (QED) is 0.650. The standard InChI is InChI=1S/C22H29N5O5/c1-5-31-21(28)12-23-22(29)27-9-8-26(13-16(27)3)19-11-20(25-14-24-19)32-17-7-6-15(2)10-18(17)30-4/h6-7,10-11,14,16H,5,8-9,12-13H2,1-4H3,(H,23,29). The molecule has 1 aliphatic heterocycles. The van der Waals surface area contributed by atoms with E-state index in [0.717, 1.165) is 5.56 Å². The van der Waals surface area contributed by atoms with Gasteiger partial charge in [0.25, 0.3) is 0 Å². The van der Waals surface area contributed by atoms with Gasteiger partial charge in [-0.25, -0.2) is 14.8 Å². The van der Waals surface area contributed by atoms with Gasteiger partial charge in [-0.1, -0.05) is 6.07 Å². The molecule has 0 spiro atoms. The van der Waals surface area contributed by atoms with Crippen LogP contribution in [0, 0.1) is 6.92 Å². The Labute approximate surface area is 187 Å². The molecule has 1 aliphatic rings. The molecule has 32 heavy (non-hydrogen) atoms. The Hall–Kier alpha value is -3.56. The Balaban J connectivity index is 1.62. The van der Waals surface area contributed by atoms with Gasteiger partial charge >= 0.3 is 12.0 Å². The van der Waals surface area contributed by atoms with Gasteiger partial charge in [0, 0.05) is 31.7 Å². The lowest BCUT2D eigenvalue weighted by Crippen LogP contribution is -2.57. The van der Waals surface area contributed by atoms with Crippen LogP contribution in [0.25, 0.3) is 0 Å². The van der Waals surface area contributed by atoms with Gasteiger partial charge < -0.3 is 29.3 Å². The average molecular weight is 444 g/mol. The summed E-state index contributed by atoms with van der Waals surface area (Å²) < 4.78 is 16.2. The SMILES string of the molecule is CCOC(=O)CNC(=O)N1CCN(c2cc(Oc3ccc(C)cc3OC)ncn2)CC1C. The van der Waals surface area contributed by atoms with Gasteiger partial charge in [-0.05, 0) is 38.5 Å². The summed E-state index contributed by atoms with van der Waals surface area (Å²) in [5.74, 6) is 1.85. The minimum absolute atomic E-state index is 0.0810. The van der Waals surface area contributed by atoms with Gasteiger partial charge in [-0.2, -0.15) is 0 Å². The lowest BCUT2D eigenvalue weighted by atomic mass is 10.2. The smallest absolute Gasteiger partial charge is 0.325 e. The summed E-state index contributed by atoms with van der Waals surface area (Å²) in [4.78, 5) is 36.3. The zero-order chi connectivity index (χ0) is 23.1. The van der Waals surface area contributed by atoms with E-state index < -0.39 is 5.97 Å². The second-order valence-electron chi connectivity index (χ2n) is 7.42. The number of aryl methyl sites for hydroxylation is 1. The highest BCUT2D eigenvalue weighted by Crippen LogP contribution is 2.32. The molecular formula is C22H29N5O5. The number of nitrogens with zero attached hydrogens (tertiary/aromatic N) is 4. The fourth-order valence-electron chi connectivity index (χ4n) is 3.46. The zero-order valence-corrected chi connectivity index (χ0v) is 18.8. The molecule has 0 bridgehead atoms. The number of amides is 2. The van der Waals surface area contributed by atoms with Gasteiger partial charge in [0.05, 0.1) is 13.7 Å². The summed E-state index contributed by atoms with van der Waals surface area (Å²) in [6.07, 6.45) is 1.45. The van der Waals surface area contributed by atoms with Crippen molar-refractivity contribution < 1.29 is 23.8 Å². The van der Waals surface area contributed by atoms with E-state index in [1.165, 1.54) is 6.33 Å². The van der Waals surface area contributed by atoms with E-state index in [0.29, 0.717) is 42.8 Å². The molecule has 3 rings (SSSR count). The van der Waals surface area contributed by atoms with E-state index in [-0.39, 0.29) is 25.2 Å². The van der Waals surface area contributed by atoms with Gasteiger partial charge in [0.2, 0.25) is 5.88 Å². The number of carbonyl (C=O) groups excluding carboxylic acids is 2. The number of urea groups is 1. The molecule has 0 aliphatic carbocycles. The fourth-order valence-corrected chi connectivity index (χ4v) is 3.46. The molecule has 1 aromatic heterocycles. The van der Waals surface area contributed by atoms with Gasteiger partial charge in [0.1, 0.15) is 18.7 Å². The van der Waals surface area contributed by atoms with Crippen LogP contribution in [0.5, 0.6) is 17.4 Å². The summed E-state index contributed by atoms with van der Waals surface area (Å²) in [6, 6.07) is 7.07. The van der Waals surface area contributed by atoms with Crippen LogP contribution >= 0.6 is 0 Å². The molecule has 2 heterocycles. The van der Waals surface area contributed by atoms with Crippen molar-refractivity contribution in [2.75, 3.05) is 44.8 Å². The lowest BCUT2D eigenvalue weighted by molar-refractivity contribution is -0.141. The van der Waals surface area contributed by atoms with Crippen molar-refractivity contribution in [3.05, 3.63) is 36.2 Å². The fraction of sp³-hybridized carbons (Fsp3) is 0.455. The molecule has 2 amide bonds. The molecule has 1 aromatic carbocycles. The summed E-state index contributed by atoms with van der Waals surface area (Å²) >= 11 is 0. The number of hydrogen-bond donors (Lipinski definition) is 1. The molecule has 10 nitrogen and oxygen atoms in total. The van der Waals surface area contributed by atoms with Crippen molar-refractivity contribution in [1.82, 2.24) is 20.2 Å². The molecule has 0 radical (unpaired) electrons. The number of ether oxygens (including phenoxy) is 3. The normalized spacial score (nSPS) is 15.8. The van der Waals surface area contributed by atoms with E-state index in [4.69, 9.17) is 14.2 Å². The number of benzene rings is 1. The van der Waals surface area contributed by atoms with Crippen LogP contribution in [0.2, 0.25) is 0 Å². The van der Waals surface area contributed by atoms with E-state index >= 15 is 0 Å². The summed E-state index contributed by atoms with van der Waals surface area (Å²) in [5, 5.41) is 2.61. The summed E-state index contributed by atoms with van der Waals surface area (Å²) in [7, 11) is 1.59. The van der Waals surface area contributed by atoms with E-state index in [2.05, 4.69) is 20.2 Å². The van der Waals surface area contributed by atoms with Crippen LogP contribution in [0.3, 0.4) is 0 Å². The number of rotatable bonds is 7. The van der Waals surface area contributed by atoms with Crippen LogP contribution < -0.4 is 19.7 Å². The second-order valence-corrected chi connectivity index (χ2v) is 7.42. The van der Waals surface area contributed by atoms with Crippen molar-refractivity contribution >= 4 is 17.8 Å². The van der Waals surface area contributed by atoms with Gasteiger partial charge in [-0.3, -0.25) is 4.79 Å². The molecule has 10 heteroatoms. The molecule has 1 saturated heterocycles. The van der Waals surface area contributed by atoms with Crippen molar-refractivity contribution in [2.24, 2.45) is 0 Å². The molecule has 0 saturated carbocycles. The maximum Gasteiger partial charge on any atom is 0.325 e. The molecule has 1 fully saturated rings. The van der Waals surface area contributed by atoms with Crippen LogP contribution in [0.15, 0.2) is 30.6 Å². The van der Waals surface area contributed by atoms with Crippen molar-refractivity contribution in [3.8, 4) is 17.4 Å². The monoisotopic (exact) mass is 443 g/mol. The maximum atomic E-state index is 12.4. The zero-order valence-electron chi connectivity index (χ0n) is 18.8. The Morgan fingerprint density at radius 3 is 2.72 bits per heavy atom. The topological polar surface area (TPSA) is 106 Å². The van der Waals surface area contributed by atoms with Crippen LogP contribution in [-0.4, -0.2) is 72.8 Å². The minimum atomic E-state index is -0.453. The second kappa shape index (κ2) is 10.7. The van der Waals surface area contributed by atoms with Crippen molar-refractivity contribution in [1.29, 1.82) is 0 Å². The third kappa shape index (κ3) is 5.77. The third-order valence-corrected chi connectivity index (χ3v) is 5.06. The minimum Gasteiger partial charge on any atom is -0.493 e. The first kappa shape index (κ1) is 23.1. The molecular weight excluding hydrogens is 414 g/mol. The number of hydrogen-bond acceptors (Lipinski definition) is 8. The Morgan fingerprint density at radius 1 is 1.19 bits per heavy atom. The third-order valence-electron chi connectivity index (χ3n) is 5.06. The lowest BCUT2D eigenvalue weighted by Gasteiger charge is -2.40. The number of nitrogens with one attached hydrogen (secondary N) is 1. The highest BCUT2D eigenvalue weighted by atomic mass is 16.5. The van der Waals surface area contributed by atoms with Crippen LogP contribution in [0.4, 0.5) is 10.6 Å². The van der Waals surface area contributed by atoms with E-state index in [1.807, 2.05) is 32.0 Å². The van der Waals surface area contributed by atoms with Gasteiger partial charge in [-0.15, -0.1) is 0 Å². The predicted molar refractivity (Wildman–Crippen MR) is 118 cm³/mol. The Morgan fingerprint density at radius 2 is 2.00 bits per heavy atom. The molecule has 1 atom stereocenters. The largest absolute Gasteiger partial charge is 0.493 e. The highest BCUT2D eigenvalue weighted by molar-refractivity contribution is 5.81. The number of piperazine rings is 1. The van der Waals surface area contributed by atoms with E-state index in [1.54, 1.807) is 25.0 Å². The number of methoxy groups -OCH3 is 1. The van der Waals surface area contributed by atoms with E-state index in [9.17, 15) is 9.59 Å². The van der Waals surface area contributed by atoms with Crippen molar-refractivity contribution in [3.63, 3.8) is 0 Å². The number of carbonyl (C=O) groups is 2. The number of esters is 1. The van der Waals surface area contributed by atoms with Crippen LogP contribution in [-0.2, 0) is 9.53 Å². The number of aromatic nitrogens is 2.